The molecular weight excluding hydrogens is 375 g/mol. The Kier molecular flexibility index (Phi) is 18.3. The van der Waals surface area contributed by atoms with E-state index in [-0.39, 0.29) is 0 Å². The van der Waals surface area contributed by atoms with E-state index < -0.39 is 33.7 Å². The third-order valence-corrected chi connectivity index (χ3v) is 5.96. The predicted octanol–water partition coefficient (Wildman–Crippen LogP) is 2.46. The van der Waals surface area contributed by atoms with Crippen LogP contribution in [0.1, 0.15) is 71.6 Å². The normalized spacial score (nSPS) is 13.4. The van der Waals surface area contributed by atoms with Crippen LogP contribution in [0, 0.1) is 0 Å². The zero-order chi connectivity index (χ0) is 20.6. The number of carbonyl (C=O) groups is 2. The molecule has 0 radical (unpaired) electrons. The van der Waals surface area contributed by atoms with Crippen molar-refractivity contribution in [2.75, 3.05) is 6.61 Å². The van der Waals surface area contributed by atoms with Gasteiger partial charge >= 0.3 is 120 Å². The first-order valence-electron chi connectivity index (χ1n) is 9.08. The first-order chi connectivity index (χ1) is 12.1. The first-order valence-corrected chi connectivity index (χ1v) is 11.7. The minimum Gasteiger partial charge on any atom is -0.481 e. The summed E-state index contributed by atoms with van der Waals surface area (Å²) in [6, 6.07) is 0. The monoisotopic (exact) mass is 406 g/mol. The maximum Gasteiger partial charge on any atom is 0.325 e. The molecule has 150 valence electrons. The molecule has 2 atom stereocenters. The summed E-state index contributed by atoms with van der Waals surface area (Å²) in [5.74, 6) is -3.50. The Labute approximate surface area is 173 Å². The number of unbranched alkanes of at least 4 members (excludes halogenated alkanes) is 6. The van der Waals surface area contributed by atoms with Gasteiger partial charge in [0.1, 0.15) is 0 Å². The summed E-state index contributed by atoms with van der Waals surface area (Å²) in [6.07, 6.45) is 9.68. The van der Waals surface area contributed by atoms with Crippen molar-refractivity contribution in [2.45, 2.75) is 80.2 Å². The van der Waals surface area contributed by atoms with Crippen molar-refractivity contribution >= 4 is 50.0 Å². The van der Waals surface area contributed by atoms with Crippen LogP contribution in [0.4, 0.5) is 0 Å². The number of hydrogen-bond donors (Lipinski definition) is 3. The summed E-state index contributed by atoms with van der Waals surface area (Å²) < 4.78 is 34.9. The van der Waals surface area contributed by atoms with Crippen molar-refractivity contribution < 1.29 is 37.5 Å². The number of carboxylic acid groups (broad SMARTS) is 2. The summed E-state index contributed by atoms with van der Waals surface area (Å²) in [7, 11) is -4.84. The zero-order valence-corrected chi connectivity index (χ0v) is 18.8. The molecule has 0 heterocycles. The van der Waals surface area contributed by atoms with Gasteiger partial charge in [-0.1, -0.05) is 0 Å². The minimum absolute atomic E-state index is 0.593. The molecule has 0 saturated carbocycles. The summed E-state index contributed by atoms with van der Waals surface area (Å²) in [4.78, 5) is 20.0. The van der Waals surface area contributed by atoms with Gasteiger partial charge in [0.25, 0.3) is 10.1 Å². The van der Waals surface area contributed by atoms with Gasteiger partial charge in [-0.2, -0.15) is 8.42 Å². The van der Waals surface area contributed by atoms with Crippen LogP contribution in [0.2, 0.25) is 0 Å². The fourth-order valence-electron chi connectivity index (χ4n) is 1.94. The van der Waals surface area contributed by atoms with E-state index in [0.717, 1.165) is 6.61 Å². The molecule has 0 aromatic carbocycles. The summed E-state index contributed by atoms with van der Waals surface area (Å²) in [5.41, 5.74) is 0. The quantitative estimate of drug-likeness (QED) is 0.227. The molecule has 26 heavy (non-hydrogen) atoms. The molecule has 0 aliphatic rings. The molecule has 0 aromatic rings. The van der Waals surface area contributed by atoms with E-state index in [1.165, 1.54) is 79.3 Å². The topological polar surface area (TPSA) is 138 Å². The van der Waals surface area contributed by atoms with E-state index in [1.54, 1.807) is 0 Å². The van der Waals surface area contributed by atoms with Crippen LogP contribution < -0.4 is 0 Å². The van der Waals surface area contributed by atoms with Crippen LogP contribution in [-0.2, 0) is 24.4 Å². The second kappa shape index (κ2) is 16.9. The van der Waals surface area contributed by atoms with Gasteiger partial charge in [-0.25, -0.2) is 0 Å². The van der Waals surface area contributed by atoms with Crippen LogP contribution in [0.25, 0.3) is 0 Å². The van der Waals surface area contributed by atoms with Crippen LogP contribution in [0.3, 0.4) is 0 Å². The SMILES string of the molecule is CCCCCCCCCO[CH]([Na])CC.O=C(O)CC(C(=O)O)S(=O)(=O)O. The molecule has 0 amide bonds. The molecule has 0 aliphatic carbocycles. The van der Waals surface area contributed by atoms with Crippen molar-refractivity contribution in [1.29, 1.82) is 0 Å². The Bertz CT molecular complexity index is 481. The Morgan fingerprint density at radius 1 is 1.00 bits per heavy atom. The van der Waals surface area contributed by atoms with E-state index in [2.05, 4.69) is 13.8 Å². The Morgan fingerprint density at radius 2 is 1.50 bits per heavy atom. The maximum absolute atomic E-state index is 10.2. The Balaban J connectivity index is 0. The van der Waals surface area contributed by atoms with Gasteiger partial charge < -0.3 is 10.2 Å². The number of rotatable bonds is 14. The van der Waals surface area contributed by atoms with Gasteiger partial charge in [0, 0.05) is 0 Å². The van der Waals surface area contributed by atoms with E-state index in [9.17, 15) is 18.0 Å². The van der Waals surface area contributed by atoms with E-state index >= 15 is 0 Å². The van der Waals surface area contributed by atoms with Gasteiger partial charge in [0.15, 0.2) is 5.25 Å². The maximum atomic E-state index is 10.2. The van der Waals surface area contributed by atoms with Gasteiger partial charge in [-0.3, -0.25) is 14.1 Å². The van der Waals surface area contributed by atoms with E-state index in [1.807, 2.05) is 0 Å². The van der Waals surface area contributed by atoms with Crippen molar-refractivity contribution in [2.24, 2.45) is 0 Å². The molecule has 8 nitrogen and oxygen atoms in total. The molecule has 2 unspecified atom stereocenters. The zero-order valence-electron chi connectivity index (χ0n) is 16.0. The molecule has 0 aromatic heterocycles. The molecule has 0 spiro atoms. The average Bonchev–Trinajstić information content (AvgIpc) is 2.54. The van der Waals surface area contributed by atoms with Gasteiger partial charge in [-0.15, -0.1) is 0 Å². The second-order valence-electron chi connectivity index (χ2n) is 6.15. The number of hydrogen-bond acceptors (Lipinski definition) is 5. The molecule has 0 aliphatic heterocycles. The number of carboxylic acids is 2. The summed E-state index contributed by atoms with van der Waals surface area (Å²) in [5, 5.41) is 13.9. The molecule has 0 rings (SSSR count). The average molecular weight is 406 g/mol. The molecule has 0 fully saturated rings. The second-order valence-corrected chi connectivity index (χ2v) is 9.04. The summed E-state index contributed by atoms with van der Waals surface area (Å²) in [6.45, 7) is 5.47. The summed E-state index contributed by atoms with van der Waals surface area (Å²) >= 11 is 1.19. The fourth-order valence-corrected chi connectivity index (χ4v) is 2.78. The molecule has 10 heteroatoms. The minimum atomic E-state index is -4.84. The Hall–Kier alpha value is -0.190. The first kappa shape index (κ1) is 28.0. The van der Waals surface area contributed by atoms with Crippen molar-refractivity contribution in [1.82, 2.24) is 0 Å². The van der Waals surface area contributed by atoms with Crippen LogP contribution in [0.5, 0.6) is 0 Å². The van der Waals surface area contributed by atoms with E-state index in [4.69, 9.17) is 19.5 Å². The molecule has 0 bridgehead atoms. The molecule has 3 N–H and O–H groups in total. The Morgan fingerprint density at radius 3 is 1.85 bits per heavy atom. The standard InChI is InChI=1S/C12H25O.C4H6O7S.Na/c1-3-5-6-7-8-9-10-12-13-11-4-2;5-3(6)1-2(4(7)8)12(9,10)11;/h11H,3-10,12H2,1-2H3;2H,1H2,(H,5,6)(H,7,8)(H,9,10,11);. The molecular formula is C16H31NaO8S. The van der Waals surface area contributed by atoms with Gasteiger partial charge in [-0.05, 0) is 0 Å². The van der Waals surface area contributed by atoms with Crippen LogP contribution in [-0.4, -0.2) is 78.3 Å². The largest absolute Gasteiger partial charge is 0.481 e. The van der Waals surface area contributed by atoms with Crippen molar-refractivity contribution in [3.05, 3.63) is 0 Å². The van der Waals surface area contributed by atoms with Crippen LogP contribution in [0.15, 0.2) is 0 Å². The number of aliphatic carboxylic acids is 2. The third-order valence-electron chi connectivity index (χ3n) is 3.72. The molecule has 0 saturated heterocycles. The third kappa shape index (κ3) is 18.6. The predicted molar refractivity (Wildman–Crippen MR) is 99.0 cm³/mol. The van der Waals surface area contributed by atoms with Gasteiger partial charge in [0.05, 0.1) is 6.42 Å². The van der Waals surface area contributed by atoms with E-state index in [0.29, 0.717) is 3.35 Å². The van der Waals surface area contributed by atoms with Crippen molar-refractivity contribution in [3.63, 3.8) is 0 Å². The van der Waals surface area contributed by atoms with Gasteiger partial charge in [0.2, 0.25) is 0 Å². The number of ether oxygens (including phenoxy) is 1. The fraction of sp³-hybridized carbons (Fsp3) is 0.875. The van der Waals surface area contributed by atoms with Crippen molar-refractivity contribution in [3.8, 4) is 0 Å². The smallest absolute Gasteiger partial charge is 0.325 e. The van der Waals surface area contributed by atoms with Crippen LogP contribution >= 0.6 is 0 Å².